The summed E-state index contributed by atoms with van der Waals surface area (Å²) in [5, 5.41) is 13.2. The second-order valence-corrected chi connectivity index (χ2v) is 5.79. The van der Waals surface area contributed by atoms with E-state index in [1.807, 2.05) is 0 Å². The van der Waals surface area contributed by atoms with Crippen LogP contribution in [0.3, 0.4) is 0 Å². The Bertz CT molecular complexity index is 308. The molecule has 3 fully saturated rings. The third kappa shape index (κ3) is 1.78. The molecule has 2 atom stereocenters. The molecule has 0 aromatic rings. The van der Waals surface area contributed by atoms with Gasteiger partial charge in [-0.3, -0.25) is 4.79 Å². The average molecular weight is 239 g/mol. The van der Waals surface area contributed by atoms with Crippen molar-refractivity contribution >= 4 is 5.91 Å². The highest BCUT2D eigenvalue weighted by Gasteiger charge is 2.55. The fourth-order valence-corrected chi connectivity index (χ4v) is 3.36. The zero-order valence-electron chi connectivity index (χ0n) is 10.2. The van der Waals surface area contributed by atoms with Gasteiger partial charge in [-0.25, -0.2) is 0 Å². The molecule has 3 aliphatic rings. The first-order chi connectivity index (χ1) is 8.22. The lowest BCUT2D eigenvalue weighted by Crippen LogP contribution is -2.66. The zero-order chi connectivity index (χ0) is 11.9. The Morgan fingerprint density at radius 3 is 2.53 bits per heavy atom. The van der Waals surface area contributed by atoms with E-state index in [0.29, 0.717) is 13.2 Å². The maximum atomic E-state index is 11.9. The Hall–Kier alpha value is -0.610. The number of aliphatic hydroxyl groups excluding tert-OH is 1. The lowest BCUT2D eigenvalue weighted by Gasteiger charge is -2.56. The molecule has 0 aromatic carbocycles. The lowest BCUT2D eigenvalue weighted by molar-refractivity contribution is -0.158. The van der Waals surface area contributed by atoms with Crippen LogP contribution in [0.2, 0.25) is 0 Å². The fourth-order valence-electron chi connectivity index (χ4n) is 3.36. The summed E-state index contributed by atoms with van der Waals surface area (Å²) >= 11 is 0. The maximum absolute atomic E-state index is 11.9. The number of hydrogen-bond donors (Lipinski definition) is 2. The summed E-state index contributed by atoms with van der Waals surface area (Å²) in [6.45, 7) is 1.43. The van der Waals surface area contributed by atoms with Crippen LogP contribution in [0.1, 0.15) is 38.5 Å². The molecular formula is C13H21NO3. The van der Waals surface area contributed by atoms with Gasteiger partial charge in [-0.2, -0.15) is 0 Å². The average Bonchev–Trinajstić information content (AvgIpc) is 2.27. The van der Waals surface area contributed by atoms with Gasteiger partial charge >= 0.3 is 0 Å². The van der Waals surface area contributed by atoms with Crippen molar-refractivity contribution in [2.75, 3.05) is 13.2 Å². The molecule has 2 N–H and O–H groups in total. The van der Waals surface area contributed by atoms with Gasteiger partial charge in [0.2, 0.25) is 5.91 Å². The van der Waals surface area contributed by atoms with E-state index in [0.717, 1.165) is 32.1 Å². The van der Waals surface area contributed by atoms with E-state index in [9.17, 15) is 9.90 Å². The number of amides is 1. The van der Waals surface area contributed by atoms with E-state index in [2.05, 4.69) is 5.32 Å². The smallest absolute Gasteiger partial charge is 0.223 e. The highest BCUT2D eigenvalue weighted by Crippen LogP contribution is 2.49. The second-order valence-electron chi connectivity index (χ2n) is 5.79. The largest absolute Gasteiger partial charge is 0.392 e. The summed E-state index contributed by atoms with van der Waals surface area (Å²) in [6.07, 6.45) is 5.49. The Morgan fingerprint density at radius 1 is 1.29 bits per heavy atom. The minimum Gasteiger partial charge on any atom is -0.392 e. The summed E-state index contributed by atoms with van der Waals surface area (Å²) in [5.41, 5.74) is -0.0857. The SMILES string of the molecule is O=C(N[C@@H]1C[C@@H](O)C12CCOCC2)C1CCC1. The van der Waals surface area contributed by atoms with Crippen LogP contribution < -0.4 is 5.32 Å². The van der Waals surface area contributed by atoms with Crippen LogP contribution in [0.15, 0.2) is 0 Å². The van der Waals surface area contributed by atoms with Crippen molar-refractivity contribution < 1.29 is 14.6 Å². The topological polar surface area (TPSA) is 58.6 Å². The van der Waals surface area contributed by atoms with E-state index in [1.54, 1.807) is 0 Å². The van der Waals surface area contributed by atoms with Crippen molar-refractivity contribution in [1.29, 1.82) is 0 Å². The van der Waals surface area contributed by atoms with Crippen molar-refractivity contribution in [2.45, 2.75) is 50.7 Å². The van der Waals surface area contributed by atoms with Crippen LogP contribution in [-0.4, -0.2) is 36.4 Å². The van der Waals surface area contributed by atoms with Crippen molar-refractivity contribution in [3.63, 3.8) is 0 Å². The van der Waals surface area contributed by atoms with Gasteiger partial charge in [0, 0.05) is 30.6 Å². The molecule has 3 rings (SSSR count). The number of carbonyl (C=O) groups excluding carboxylic acids is 1. The first kappa shape index (κ1) is 11.5. The summed E-state index contributed by atoms with van der Waals surface area (Å²) < 4.78 is 5.36. The van der Waals surface area contributed by atoms with E-state index < -0.39 is 0 Å². The third-order valence-corrected chi connectivity index (χ3v) is 5.03. The number of hydrogen-bond acceptors (Lipinski definition) is 3. The van der Waals surface area contributed by atoms with E-state index in [1.165, 1.54) is 6.42 Å². The monoisotopic (exact) mass is 239 g/mol. The van der Waals surface area contributed by atoms with Gasteiger partial charge in [-0.05, 0) is 32.1 Å². The zero-order valence-corrected chi connectivity index (χ0v) is 10.2. The van der Waals surface area contributed by atoms with Crippen molar-refractivity contribution in [1.82, 2.24) is 5.32 Å². The van der Waals surface area contributed by atoms with Crippen molar-refractivity contribution in [3.05, 3.63) is 0 Å². The van der Waals surface area contributed by atoms with Gasteiger partial charge < -0.3 is 15.2 Å². The molecule has 0 unspecified atom stereocenters. The molecule has 2 aliphatic carbocycles. The van der Waals surface area contributed by atoms with Crippen LogP contribution >= 0.6 is 0 Å². The lowest BCUT2D eigenvalue weighted by atomic mass is 9.57. The molecule has 4 nitrogen and oxygen atoms in total. The van der Waals surface area contributed by atoms with Gasteiger partial charge in [0.05, 0.1) is 6.10 Å². The predicted molar refractivity (Wildman–Crippen MR) is 62.4 cm³/mol. The Kier molecular flexibility index (Phi) is 2.87. The quantitative estimate of drug-likeness (QED) is 0.750. The number of aliphatic hydroxyl groups is 1. The highest BCUT2D eigenvalue weighted by atomic mass is 16.5. The Morgan fingerprint density at radius 2 is 2.00 bits per heavy atom. The van der Waals surface area contributed by atoms with Crippen LogP contribution in [-0.2, 0) is 9.53 Å². The molecule has 2 saturated carbocycles. The number of carbonyl (C=O) groups is 1. The summed E-state index contributed by atoms with van der Waals surface area (Å²) in [4.78, 5) is 11.9. The van der Waals surface area contributed by atoms with Crippen LogP contribution in [0.25, 0.3) is 0 Å². The Balaban J connectivity index is 1.61. The van der Waals surface area contributed by atoms with Crippen LogP contribution in [0.4, 0.5) is 0 Å². The summed E-state index contributed by atoms with van der Waals surface area (Å²) in [6, 6.07) is 0.175. The second kappa shape index (κ2) is 4.25. The fraction of sp³-hybridized carbons (Fsp3) is 0.923. The van der Waals surface area contributed by atoms with Gasteiger partial charge in [-0.15, -0.1) is 0 Å². The molecule has 0 radical (unpaired) electrons. The van der Waals surface area contributed by atoms with Gasteiger partial charge in [0.25, 0.3) is 0 Å². The van der Waals surface area contributed by atoms with Crippen molar-refractivity contribution in [2.24, 2.45) is 11.3 Å². The minimum atomic E-state index is -0.252. The molecule has 1 amide bonds. The normalized spacial score (nSPS) is 36.1. The minimum absolute atomic E-state index is 0.0857. The van der Waals surface area contributed by atoms with Crippen LogP contribution in [0, 0.1) is 11.3 Å². The molecule has 96 valence electrons. The molecule has 0 bridgehead atoms. The molecule has 0 aromatic heterocycles. The van der Waals surface area contributed by atoms with E-state index >= 15 is 0 Å². The first-order valence-corrected chi connectivity index (χ1v) is 6.78. The van der Waals surface area contributed by atoms with Gasteiger partial charge in [0.15, 0.2) is 0 Å². The third-order valence-electron chi connectivity index (χ3n) is 5.03. The predicted octanol–water partition coefficient (Wildman–Crippen LogP) is 0.833. The first-order valence-electron chi connectivity index (χ1n) is 6.78. The highest BCUT2D eigenvalue weighted by molar-refractivity contribution is 5.80. The summed E-state index contributed by atoms with van der Waals surface area (Å²) in [5.74, 6) is 0.448. The number of ether oxygens (including phenoxy) is 1. The molecule has 4 heteroatoms. The van der Waals surface area contributed by atoms with Crippen LogP contribution in [0.5, 0.6) is 0 Å². The Labute approximate surface area is 102 Å². The van der Waals surface area contributed by atoms with E-state index in [4.69, 9.17) is 4.74 Å². The van der Waals surface area contributed by atoms with Crippen molar-refractivity contribution in [3.8, 4) is 0 Å². The molecule has 1 spiro atoms. The standard InChI is InChI=1S/C13H21NO3/c15-11-8-10(13(11)4-6-17-7-5-13)14-12(16)9-2-1-3-9/h9-11,15H,1-8H2,(H,14,16)/t10-,11-/m1/s1. The van der Waals surface area contributed by atoms with Gasteiger partial charge in [0.1, 0.15) is 0 Å². The molecule has 17 heavy (non-hydrogen) atoms. The summed E-state index contributed by atoms with van der Waals surface area (Å²) in [7, 11) is 0. The maximum Gasteiger partial charge on any atom is 0.223 e. The molecule has 1 heterocycles. The van der Waals surface area contributed by atoms with Gasteiger partial charge in [-0.1, -0.05) is 6.42 Å². The molecular weight excluding hydrogens is 218 g/mol. The number of rotatable bonds is 2. The number of nitrogens with one attached hydrogen (secondary N) is 1. The molecule has 1 saturated heterocycles. The van der Waals surface area contributed by atoms with E-state index in [-0.39, 0.29) is 29.4 Å². The molecule has 1 aliphatic heterocycles.